The van der Waals surface area contributed by atoms with Crippen molar-refractivity contribution in [3.8, 4) is 35.3 Å². The summed E-state index contributed by atoms with van der Waals surface area (Å²) < 4.78 is 17.1. The molecule has 4 rings (SSSR count). The lowest BCUT2D eigenvalue weighted by atomic mass is 9.67. The minimum Gasteiger partial charge on any atom is -0.457 e. The van der Waals surface area contributed by atoms with Crippen LogP contribution in [-0.4, -0.2) is 6.79 Å². The molecule has 3 heteroatoms. The number of ether oxygens (including phenoxy) is 3. The lowest BCUT2D eigenvalue weighted by Crippen LogP contribution is -2.33. The van der Waals surface area contributed by atoms with Gasteiger partial charge >= 0.3 is 0 Å². The summed E-state index contributed by atoms with van der Waals surface area (Å²) in [5, 5.41) is 0. The summed E-state index contributed by atoms with van der Waals surface area (Å²) in [6.07, 6.45) is 8.97. The first-order valence-electron chi connectivity index (χ1n) is 10.8. The number of rotatable bonds is 8. The SMILES string of the molecule is C#CC(CCC)(c1ccc2c(c1)OCO2)C(C)Cc1cccc(Oc2ccccc2)c1. The van der Waals surface area contributed by atoms with Crippen LogP contribution in [0.15, 0.2) is 72.8 Å². The van der Waals surface area contributed by atoms with Crippen molar-refractivity contribution in [3.63, 3.8) is 0 Å². The highest BCUT2D eigenvalue weighted by molar-refractivity contribution is 5.49. The van der Waals surface area contributed by atoms with E-state index in [9.17, 15) is 0 Å². The summed E-state index contributed by atoms with van der Waals surface area (Å²) in [6, 6.07) is 24.2. The van der Waals surface area contributed by atoms with Crippen molar-refractivity contribution in [3.05, 3.63) is 83.9 Å². The fraction of sp³-hybridized carbons (Fsp3) is 0.286. The van der Waals surface area contributed by atoms with Crippen molar-refractivity contribution < 1.29 is 14.2 Å². The molecule has 1 aliphatic heterocycles. The smallest absolute Gasteiger partial charge is 0.231 e. The Hall–Kier alpha value is -3.38. The van der Waals surface area contributed by atoms with Crippen molar-refractivity contribution in [1.82, 2.24) is 0 Å². The van der Waals surface area contributed by atoms with Gasteiger partial charge in [-0.1, -0.05) is 62.6 Å². The molecule has 0 aromatic heterocycles. The fourth-order valence-corrected chi connectivity index (χ4v) is 4.43. The van der Waals surface area contributed by atoms with Crippen LogP contribution in [-0.2, 0) is 11.8 Å². The topological polar surface area (TPSA) is 27.7 Å². The van der Waals surface area contributed by atoms with E-state index in [0.29, 0.717) is 0 Å². The van der Waals surface area contributed by atoms with Crippen LogP contribution in [0.5, 0.6) is 23.0 Å². The normalized spacial score (nSPS) is 15.0. The lowest BCUT2D eigenvalue weighted by molar-refractivity contribution is 0.174. The molecule has 2 unspecified atom stereocenters. The maximum absolute atomic E-state index is 6.21. The van der Waals surface area contributed by atoms with Crippen LogP contribution >= 0.6 is 0 Å². The van der Waals surface area contributed by atoms with E-state index in [1.165, 1.54) is 5.56 Å². The molecule has 3 aromatic carbocycles. The van der Waals surface area contributed by atoms with Crippen LogP contribution in [0.3, 0.4) is 0 Å². The Morgan fingerprint density at radius 2 is 1.74 bits per heavy atom. The van der Waals surface area contributed by atoms with Crippen LogP contribution in [0.25, 0.3) is 0 Å². The van der Waals surface area contributed by atoms with E-state index in [-0.39, 0.29) is 18.1 Å². The number of fused-ring (bicyclic) bond motifs is 1. The van der Waals surface area contributed by atoms with Crippen molar-refractivity contribution in [2.24, 2.45) is 5.92 Å². The Bertz CT molecular complexity index is 1070. The van der Waals surface area contributed by atoms with Crippen LogP contribution in [0, 0.1) is 18.3 Å². The predicted molar refractivity (Wildman–Crippen MR) is 124 cm³/mol. The summed E-state index contributed by atoms with van der Waals surface area (Å²) in [7, 11) is 0. The first-order chi connectivity index (χ1) is 15.1. The zero-order valence-electron chi connectivity index (χ0n) is 18.1. The van der Waals surface area contributed by atoms with Gasteiger partial charge in [0.05, 0.1) is 5.41 Å². The van der Waals surface area contributed by atoms with Gasteiger partial charge in [0.25, 0.3) is 0 Å². The van der Waals surface area contributed by atoms with Gasteiger partial charge in [-0.15, -0.1) is 6.42 Å². The number of benzene rings is 3. The standard InChI is InChI=1S/C28H28O3/c1-4-16-28(5-2,23-14-15-26-27(19-23)30-20-29-26)21(3)17-22-10-9-13-25(18-22)31-24-11-7-6-8-12-24/h2,6-15,18-19,21H,4,16-17,20H2,1,3H3. The molecule has 0 spiro atoms. The highest BCUT2D eigenvalue weighted by atomic mass is 16.7. The minimum absolute atomic E-state index is 0.227. The summed E-state index contributed by atoms with van der Waals surface area (Å²) in [6.45, 7) is 4.68. The lowest BCUT2D eigenvalue weighted by Gasteiger charge is -2.35. The van der Waals surface area contributed by atoms with Gasteiger partial charge in [-0.2, -0.15) is 0 Å². The van der Waals surface area contributed by atoms with E-state index in [0.717, 1.165) is 47.8 Å². The first kappa shape index (κ1) is 20.9. The third kappa shape index (κ3) is 4.39. The number of hydrogen-bond donors (Lipinski definition) is 0. The Morgan fingerprint density at radius 1 is 0.968 bits per heavy atom. The number of hydrogen-bond acceptors (Lipinski definition) is 3. The monoisotopic (exact) mass is 412 g/mol. The highest BCUT2D eigenvalue weighted by Gasteiger charge is 2.36. The van der Waals surface area contributed by atoms with Crippen LogP contribution in [0.2, 0.25) is 0 Å². The third-order valence-corrected chi connectivity index (χ3v) is 6.05. The zero-order chi connectivity index (χ0) is 21.7. The van der Waals surface area contributed by atoms with E-state index < -0.39 is 0 Å². The van der Waals surface area contributed by atoms with Gasteiger partial charge in [-0.3, -0.25) is 0 Å². The second kappa shape index (κ2) is 9.18. The largest absolute Gasteiger partial charge is 0.457 e. The molecule has 0 N–H and O–H groups in total. The van der Waals surface area contributed by atoms with Gasteiger partial charge in [-0.25, -0.2) is 0 Å². The Balaban J connectivity index is 1.59. The van der Waals surface area contributed by atoms with E-state index in [2.05, 4.69) is 44.0 Å². The molecule has 158 valence electrons. The molecular formula is C28H28O3. The Kier molecular flexibility index (Phi) is 6.18. The molecule has 0 fully saturated rings. The quantitative estimate of drug-likeness (QED) is 0.383. The Morgan fingerprint density at radius 3 is 2.52 bits per heavy atom. The number of para-hydroxylation sites is 1. The molecule has 0 saturated heterocycles. The van der Waals surface area contributed by atoms with E-state index in [1.807, 2.05) is 48.5 Å². The molecule has 31 heavy (non-hydrogen) atoms. The van der Waals surface area contributed by atoms with Crippen LogP contribution in [0.4, 0.5) is 0 Å². The third-order valence-electron chi connectivity index (χ3n) is 6.05. The van der Waals surface area contributed by atoms with Gasteiger partial charge in [0.15, 0.2) is 11.5 Å². The fourth-order valence-electron chi connectivity index (χ4n) is 4.43. The van der Waals surface area contributed by atoms with E-state index >= 15 is 0 Å². The highest BCUT2D eigenvalue weighted by Crippen LogP contribution is 2.43. The van der Waals surface area contributed by atoms with Gasteiger partial charge in [-0.05, 0) is 66.3 Å². The van der Waals surface area contributed by atoms with Gasteiger partial charge in [0, 0.05) is 0 Å². The Labute approximate surface area is 185 Å². The summed E-state index contributed by atoms with van der Waals surface area (Å²) in [5.74, 6) is 6.62. The second-order valence-electron chi connectivity index (χ2n) is 8.10. The van der Waals surface area contributed by atoms with Gasteiger partial charge in [0.2, 0.25) is 6.79 Å². The molecular weight excluding hydrogens is 384 g/mol. The summed E-state index contributed by atoms with van der Waals surface area (Å²) in [5.41, 5.74) is 1.94. The maximum atomic E-state index is 6.21. The summed E-state index contributed by atoms with van der Waals surface area (Å²) >= 11 is 0. The second-order valence-corrected chi connectivity index (χ2v) is 8.10. The molecule has 0 radical (unpaired) electrons. The number of terminal acetylenes is 1. The average molecular weight is 413 g/mol. The van der Waals surface area contributed by atoms with E-state index in [1.54, 1.807) is 0 Å². The minimum atomic E-state index is -0.383. The first-order valence-corrected chi connectivity index (χ1v) is 10.8. The summed E-state index contributed by atoms with van der Waals surface area (Å²) in [4.78, 5) is 0. The molecule has 3 aromatic rings. The van der Waals surface area contributed by atoms with Crippen molar-refractivity contribution in [2.45, 2.75) is 38.5 Å². The van der Waals surface area contributed by atoms with Crippen molar-refractivity contribution >= 4 is 0 Å². The van der Waals surface area contributed by atoms with Crippen LogP contribution < -0.4 is 14.2 Å². The van der Waals surface area contributed by atoms with Gasteiger partial charge < -0.3 is 14.2 Å². The molecule has 0 aliphatic carbocycles. The molecule has 0 amide bonds. The molecule has 3 nitrogen and oxygen atoms in total. The van der Waals surface area contributed by atoms with Crippen molar-refractivity contribution in [1.29, 1.82) is 0 Å². The average Bonchev–Trinajstić information content (AvgIpc) is 3.26. The predicted octanol–water partition coefficient (Wildman–Crippen LogP) is 6.76. The van der Waals surface area contributed by atoms with Gasteiger partial charge in [0.1, 0.15) is 11.5 Å². The maximum Gasteiger partial charge on any atom is 0.231 e. The molecule has 0 bridgehead atoms. The zero-order valence-corrected chi connectivity index (χ0v) is 18.1. The molecule has 1 heterocycles. The van der Waals surface area contributed by atoms with Crippen molar-refractivity contribution in [2.75, 3.05) is 6.79 Å². The van der Waals surface area contributed by atoms with Crippen LogP contribution in [0.1, 0.15) is 37.8 Å². The molecule has 1 aliphatic rings. The molecule has 0 saturated carbocycles. The van der Waals surface area contributed by atoms with E-state index in [4.69, 9.17) is 20.6 Å². The molecule has 2 atom stereocenters.